The first-order chi connectivity index (χ1) is 15.2. The van der Waals surface area contributed by atoms with Gasteiger partial charge in [-0.05, 0) is 51.3 Å². The largest absolute Gasteiger partial charge is 0.370 e. The highest BCUT2D eigenvalue weighted by Gasteiger charge is 2.14. The third kappa shape index (κ3) is 5.85. The van der Waals surface area contributed by atoms with E-state index >= 15 is 0 Å². The van der Waals surface area contributed by atoms with Crippen LogP contribution in [0.15, 0.2) is 35.5 Å². The van der Waals surface area contributed by atoms with E-state index in [0.717, 1.165) is 29.7 Å². The Morgan fingerprint density at radius 2 is 2.03 bits per heavy atom. The predicted molar refractivity (Wildman–Crippen MR) is 125 cm³/mol. The van der Waals surface area contributed by atoms with E-state index in [2.05, 4.69) is 30.5 Å². The van der Waals surface area contributed by atoms with E-state index in [0.29, 0.717) is 23.6 Å². The van der Waals surface area contributed by atoms with Crippen molar-refractivity contribution in [1.29, 1.82) is 0 Å². The molecule has 170 valence electrons. The fourth-order valence-electron chi connectivity index (χ4n) is 3.20. The molecule has 0 radical (unpaired) electrons. The van der Waals surface area contributed by atoms with Gasteiger partial charge in [-0.2, -0.15) is 0 Å². The summed E-state index contributed by atoms with van der Waals surface area (Å²) in [5, 5.41) is 5.68. The van der Waals surface area contributed by atoms with Crippen LogP contribution < -0.4 is 22.1 Å². The number of nitrogens with two attached hydrogens (primary N) is 2. The highest BCUT2D eigenvalue weighted by atomic mass is 16.2. The van der Waals surface area contributed by atoms with Gasteiger partial charge in [-0.1, -0.05) is 0 Å². The van der Waals surface area contributed by atoms with E-state index in [1.807, 2.05) is 31.8 Å². The van der Waals surface area contributed by atoms with Crippen LogP contribution in [-0.4, -0.2) is 70.9 Å². The number of carbonyl (C=O) groups is 2. The number of aromatic nitrogens is 3. The molecule has 0 saturated carbocycles. The maximum atomic E-state index is 12.4. The lowest BCUT2D eigenvalue weighted by Crippen LogP contribution is -2.27. The molecule has 32 heavy (non-hydrogen) atoms. The van der Waals surface area contributed by atoms with Gasteiger partial charge in [0, 0.05) is 25.4 Å². The maximum absolute atomic E-state index is 12.4. The number of imidazole rings is 1. The number of amides is 2. The summed E-state index contributed by atoms with van der Waals surface area (Å²) in [4.78, 5) is 38.0. The van der Waals surface area contributed by atoms with Gasteiger partial charge in [0.15, 0.2) is 11.8 Å². The Morgan fingerprint density at radius 3 is 2.75 bits per heavy atom. The summed E-state index contributed by atoms with van der Waals surface area (Å²) < 4.78 is 1.84. The van der Waals surface area contributed by atoms with Gasteiger partial charge in [-0.15, -0.1) is 0 Å². The average Bonchev–Trinajstić information content (AvgIpc) is 3.31. The molecule has 11 heteroatoms. The van der Waals surface area contributed by atoms with Crippen molar-refractivity contribution in [2.75, 3.05) is 39.0 Å². The van der Waals surface area contributed by atoms with E-state index in [1.165, 1.54) is 0 Å². The molecule has 0 aliphatic rings. The summed E-state index contributed by atoms with van der Waals surface area (Å²) in [6.45, 7) is 1.37. The zero-order valence-electron chi connectivity index (χ0n) is 18.5. The first-order valence-electron chi connectivity index (χ1n) is 10.2. The fourth-order valence-corrected chi connectivity index (χ4v) is 3.20. The summed E-state index contributed by atoms with van der Waals surface area (Å²) in [5.74, 6) is 0.0291. The molecule has 11 nitrogen and oxygen atoms in total. The van der Waals surface area contributed by atoms with Gasteiger partial charge in [-0.25, -0.2) is 9.98 Å². The minimum atomic E-state index is -0.332. The van der Waals surface area contributed by atoms with Gasteiger partial charge >= 0.3 is 0 Å². The van der Waals surface area contributed by atoms with Gasteiger partial charge < -0.3 is 36.6 Å². The summed E-state index contributed by atoms with van der Waals surface area (Å²) in [7, 11) is 5.85. The van der Waals surface area contributed by atoms with Crippen molar-refractivity contribution >= 4 is 34.5 Å². The predicted octanol–water partition coefficient (Wildman–Crippen LogP) is 0.462. The van der Waals surface area contributed by atoms with Gasteiger partial charge in [0.1, 0.15) is 6.54 Å². The van der Waals surface area contributed by atoms with E-state index < -0.39 is 0 Å². The highest BCUT2D eigenvalue weighted by Crippen LogP contribution is 2.25. The molecule has 0 saturated heterocycles. The fraction of sp³-hybridized carbons (Fsp3) is 0.333. The molecule has 0 aliphatic heterocycles. The molecular weight excluding hydrogens is 410 g/mol. The normalized spacial score (nSPS) is 11.0. The molecule has 0 aliphatic carbocycles. The monoisotopic (exact) mass is 439 g/mol. The van der Waals surface area contributed by atoms with Crippen LogP contribution in [0.4, 0.5) is 5.69 Å². The number of aryl methyl sites for hydroxylation is 1. The molecule has 7 N–H and O–H groups in total. The zero-order valence-corrected chi connectivity index (χ0v) is 18.5. The van der Waals surface area contributed by atoms with Crippen LogP contribution in [-0.2, 0) is 11.8 Å². The number of aromatic amines is 1. The molecule has 3 aromatic rings. The van der Waals surface area contributed by atoms with Crippen molar-refractivity contribution in [3.63, 3.8) is 0 Å². The third-order valence-electron chi connectivity index (χ3n) is 4.75. The van der Waals surface area contributed by atoms with Crippen molar-refractivity contribution in [2.24, 2.45) is 23.5 Å². The number of carbonyl (C=O) groups excluding carboxylic acids is 2. The number of nitrogens with one attached hydrogen (secondary N) is 3. The van der Waals surface area contributed by atoms with Crippen LogP contribution in [0.3, 0.4) is 0 Å². The Morgan fingerprint density at radius 1 is 1.25 bits per heavy atom. The molecule has 0 spiro atoms. The Hall–Kier alpha value is -3.86. The molecule has 2 amide bonds. The van der Waals surface area contributed by atoms with Crippen molar-refractivity contribution in [2.45, 2.75) is 6.42 Å². The van der Waals surface area contributed by atoms with Crippen LogP contribution in [0.25, 0.3) is 22.6 Å². The third-order valence-corrected chi connectivity index (χ3v) is 4.75. The van der Waals surface area contributed by atoms with E-state index in [9.17, 15) is 9.59 Å². The van der Waals surface area contributed by atoms with Gasteiger partial charge in [0.2, 0.25) is 5.91 Å². The van der Waals surface area contributed by atoms with Crippen LogP contribution in [0.2, 0.25) is 0 Å². The van der Waals surface area contributed by atoms with Crippen molar-refractivity contribution in [3.05, 3.63) is 36.0 Å². The van der Waals surface area contributed by atoms with Crippen LogP contribution in [0.1, 0.15) is 16.8 Å². The van der Waals surface area contributed by atoms with Crippen molar-refractivity contribution in [1.82, 2.24) is 24.8 Å². The minimum Gasteiger partial charge on any atom is -0.370 e. The first-order valence-corrected chi connectivity index (χ1v) is 10.2. The van der Waals surface area contributed by atoms with Crippen molar-refractivity contribution in [3.8, 4) is 11.5 Å². The zero-order chi connectivity index (χ0) is 23.3. The Labute approximate surface area is 185 Å². The Bertz CT molecular complexity index is 1140. The summed E-state index contributed by atoms with van der Waals surface area (Å²) in [6.07, 6.45) is 2.65. The molecule has 0 fully saturated rings. The number of rotatable bonds is 9. The second kappa shape index (κ2) is 9.96. The number of fused-ring (bicyclic) bond motifs is 1. The van der Waals surface area contributed by atoms with Crippen LogP contribution in [0, 0.1) is 0 Å². The number of anilines is 1. The minimum absolute atomic E-state index is 0.119. The van der Waals surface area contributed by atoms with E-state index in [4.69, 9.17) is 11.5 Å². The molecular formula is C21H29N9O2. The highest BCUT2D eigenvalue weighted by molar-refractivity contribution is 5.98. The van der Waals surface area contributed by atoms with Gasteiger partial charge in [0.25, 0.3) is 5.91 Å². The second-order valence-electron chi connectivity index (χ2n) is 7.74. The van der Waals surface area contributed by atoms with Crippen molar-refractivity contribution < 1.29 is 9.59 Å². The number of guanidine groups is 1. The molecule has 0 bridgehead atoms. The standard InChI is InChI=1S/C21H29N9O2/c1-29(2)8-4-7-24-20(32)13-5-6-15-16(9-13)28-19(27-15)17-10-14(12-30(17)3)26-18(31)11-25-21(22)23/h5-6,9-10,12H,4,7-8,11H2,1-3H3,(H,24,32)(H,26,31)(H,27,28)(H4,22,23,25). The van der Waals surface area contributed by atoms with Gasteiger partial charge in [0.05, 0.1) is 22.4 Å². The lowest BCUT2D eigenvalue weighted by atomic mass is 10.2. The number of benzene rings is 1. The molecule has 2 aromatic heterocycles. The molecule has 1 aromatic carbocycles. The smallest absolute Gasteiger partial charge is 0.251 e. The maximum Gasteiger partial charge on any atom is 0.251 e. The molecule has 2 heterocycles. The number of hydrogen-bond donors (Lipinski definition) is 5. The number of nitrogens with zero attached hydrogens (tertiary/aromatic N) is 4. The quantitative estimate of drug-likeness (QED) is 0.185. The van der Waals surface area contributed by atoms with E-state index in [-0.39, 0.29) is 24.3 Å². The topological polar surface area (TPSA) is 159 Å². The SMILES string of the molecule is CN(C)CCCNC(=O)c1ccc2nc(-c3cc(NC(=O)CN=C(N)N)cn3C)[nH]c2c1. The molecule has 3 rings (SSSR count). The lowest BCUT2D eigenvalue weighted by molar-refractivity contribution is -0.114. The number of aliphatic imine (C=N–C) groups is 1. The number of H-pyrrole nitrogens is 1. The first kappa shape index (κ1) is 22.8. The van der Waals surface area contributed by atoms with E-state index in [1.54, 1.807) is 24.4 Å². The van der Waals surface area contributed by atoms with Crippen LogP contribution >= 0.6 is 0 Å². The summed E-state index contributed by atoms with van der Waals surface area (Å²) in [6, 6.07) is 7.15. The second-order valence-corrected chi connectivity index (χ2v) is 7.74. The number of hydrogen-bond acceptors (Lipinski definition) is 5. The summed E-state index contributed by atoms with van der Waals surface area (Å²) >= 11 is 0. The Balaban J connectivity index is 1.72. The molecule has 0 unspecified atom stereocenters. The van der Waals surface area contributed by atoms with Gasteiger partial charge in [-0.3, -0.25) is 9.59 Å². The molecule has 0 atom stereocenters. The average molecular weight is 440 g/mol. The Kier molecular flexibility index (Phi) is 7.11. The summed E-state index contributed by atoms with van der Waals surface area (Å²) in [5.41, 5.74) is 13.9. The van der Waals surface area contributed by atoms with Crippen LogP contribution in [0.5, 0.6) is 0 Å². The lowest BCUT2D eigenvalue weighted by Gasteiger charge is -2.09.